The predicted molar refractivity (Wildman–Crippen MR) is 80.9 cm³/mol. The lowest BCUT2D eigenvalue weighted by atomic mass is 10.3. The number of aromatic nitrogens is 6. The molecule has 0 atom stereocenters. The zero-order valence-electron chi connectivity index (χ0n) is 12.5. The van der Waals surface area contributed by atoms with E-state index in [1.54, 1.807) is 6.26 Å². The van der Waals surface area contributed by atoms with Gasteiger partial charge in [-0.1, -0.05) is 11.8 Å². The number of imidazole rings is 1. The first-order valence-electron chi connectivity index (χ1n) is 6.67. The van der Waals surface area contributed by atoms with Gasteiger partial charge in [-0.05, 0) is 12.3 Å². The first-order chi connectivity index (χ1) is 11.8. The molecule has 0 bridgehead atoms. The summed E-state index contributed by atoms with van der Waals surface area (Å²) in [4.78, 5) is 27.2. The number of thioether (sulfide) groups is 1. The number of fused-ring (bicyclic) bond motifs is 1. The minimum absolute atomic E-state index is 0.0815. The second-order valence-electron chi connectivity index (χ2n) is 4.76. The van der Waals surface area contributed by atoms with E-state index in [9.17, 15) is 23.1 Å². The van der Waals surface area contributed by atoms with Crippen molar-refractivity contribution in [2.45, 2.75) is 11.3 Å². The van der Waals surface area contributed by atoms with Crippen LogP contribution in [0.15, 0.2) is 21.1 Å². The molecule has 0 aliphatic rings. The quantitative estimate of drug-likeness (QED) is 0.536. The van der Waals surface area contributed by atoms with Gasteiger partial charge in [0.25, 0.3) is 5.62 Å². The fourth-order valence-electron chi connectivity index (χ4n) is 1.96. The van der Waals surface area contributed by atoms with Gasteiger partial charge in [0.15, 0.2) is 10.8 Å². The van der Waals surface area contributed by atoms with E-state index in [1.807, 2.05) is 0 Å². The van der Waals surface area contributed by atoms with Crippen LogP contribution in [-0.2, 0) is 0 Å². The van der Waals surface area contributed by atoms with Crippen LogP contribution in [0.25, 0.3) is 11.7 Å². The number of hydrogen-bond donors (Lipinski definition) is 3. The van der Waals surface area contributed by atoms with Crippen molar-refractivity contribution in [2.75, 3.05) is 12.8 Å². The number of nitrogens with one attached hydrogen (secondary N) is 2. The van der Waals surface area contributed by atoms with Crippen LogP contribution in [0, 0.1) is 0 Å². The fraction of sp³-hybridized carbons (Fsp3) is 0.250. The molecule has 0 fully saturated rings. The van der Waals surface area contributed by atoms with Gasteiger partial charge in [0.05, 0.1) is 6.20 Å². The molecule has 0 unspecified atom stereocenters. The van der Waals surface area contributed by atoms with Gasteiger partial charge in [0.2, 0.25) is 5.88 Å². The van der Waals surface area contributed by atoms with Gasteiger partial charge in [0.1, 0.15) is 12.2 Å². The zero-order chi connectivity index (χ0) is 18.2. The Morgan fingerprint density at radius 2 is 2.16 bits per heavy atom. The average molecular weight is 373 g/mol. The lowest BCUT2D eigenvalue weighted by Crippen LogP contribution is -2.25. The maximum atomic E-state index is 12.4. The Morgan fingerprint density at radius 1 is 1.40 bits per heavy atom. The van der Waals surface area contributed by atoms with Crippen LogP contribution in [0.1, 0.15) is 5.69 Å². The van der Waals surface area contributed by atoms with E-state index in [4.69, 9.17) is 0 Å². The lowest BCUT2D eigenvalue weighted by molar-refractivity contribution is -0.118. The Labute approximate surface area is 140 Å². The third kappa shape index (κ3) is 3.65. The summed E-state index contributed by atoms with van der Waals surface area (Å²) in [5, 5.41) is 14.1. The average Bonchev–Trinajstić information content (AvgIpc) is 3.07. The van der Waals surface area contributed by atoms with Crippen LogP contribution < -0.4 is 16.5 Å². The topological polar surface area (TPSA) is 124 Å². The number of nitrogens with zero attached hydrogens (tertiary/aromatic N) is 5. The molecule has 0 spiro atoms. The molecule has 3 aromatic rings. The second-order valence-corrected chi connectivity index (χ2v) is 5.54. The maximum absolute atomic E-state index is 12.4. The Hall–Kier alpha value is -2.83. The van der Waals surface area contributed by atoms with Gasteiger partial charge >= 0.3 is 11.9 Å². The Morgan fingerprint density at radius 3 is 2.76 bits per heavy atom. The third-order valence-electron chi connectivity index (χ3n) is 2.98. The molecule has 132 valence electrons. The molecular formula is C12H10F3N7O2S. The SMILES string of the molecule is CSc1nc(=NCC(F)(F)F)n2ncc(=Cc3[nH]c(=O)[nH]c3O)c2n1. The third-order valence-corrected chi connectivity index (χ3v) is 3.52. The molecular weight excluding hydrogens is 363 g/mol. The molecule has 0 aromatic carbocycles. The highest BCUT2D eigenvalue weighted by molar-refractivity contribution is 7.98. The van der Waals surface area contributed by atoms with Crippen LogP contribution in [-0.4, -0.2) is 53.6 Å². The molecule has 0 saturated heterocycles. The van der Waals surface area contributed by atoms with Crippen LogP contribution in [0.2, 0.25) is 0 Å². The van der Waals surface area contributed by atoms with Crippen molar-refractivity contribution >= 4 is 23.5 Å². The molecule has 3 aromatic heterocycles. The van der Waals surface area contributed by atoms with E-state index in [0.717, 1.165) is 16.3 Å². The number of H-pyrrole nitrogens is 2. The highest BCUT2D eigenvalue weighted by atomic mass is 32.2. The molecule has 9 nitrogen and oxygen atoms in total. The summed E-state index contributed by atoms with van der Waals surface area (Å²) in [5.74, 6) is -0.384. The summed E-state index contributed by atoms with van der Waals surface area (Å²) in [6.07, 6.45) is -0.129. The molecule has 13 heteroatoms. The molecule has 25 heavy (non-hydrogen) atoms. The van der Waals surface area contributed by atoms with Crippen LogP contribution >= 0.6 is 11.8 Å². The Balaban J connectivity index is 2.24. The van der Waals surface area contributed by atoms with E-state index < -0.39 is 18.4 Å². The normalized spacial score (nSPS) is 13.9. The van der Waals surface area contributed by atoms with E-state index in [1.165, 1.54) is 12.3 Å². The first kappa shape index (κ1) is 17.0. The van der Waals surface area contributed by atoms with Crippen molar-refractivity contribution in [3.63, 3.8) is 0 Å². The number of halogens is 3. The van der Waals surface area contributed by atoms with Gasteiger partial charge in [-0.3, -0.25) is 4.98 Å². The molecule has 3 heterocycles. The minimum atomic E-state index is -4.48. The summed E-state index contributed by atoms with van der Waals surface area (Å²) < 4.78 is 38.3. The highest BCUT2D eigenvalue weighted by Gasteiger charge is 2.26. The highest BCUT2D eigenvalue weighted by Crippen LogP contribution is 2.14. The van der Waals surface area contributed by atoms with Crippen molar-refractivity contribution < 1.29 is 18.3 Å². The summed E-state index contributed by atoms with van der Waals surface area (Å²) in [6.45, 7) is -1.40. The second kappa shape index (κ2) is 6.23. The standard InChI is InChI=1S/C12H10F3N7O2S/c1-25-11-19-7-5(2-6-8(23)20-10(24)18-6)3-17-22(7)9(21-11)16-4-12(13,14)15/h2-3,23H,4H2,1H3,(H2,18,20,24). The van der Waals surface area contributed by atoms with Gasteiger partial charge < -0.3 is 10.1 Å². The summed E-state index contributed by atoms with van der Waals surface area (Å²) in [7, 11) is 0. The van der Waals surface area contributed by atoms with E-state index in [2.05, 4.69) is 30.0 Å². The van der Waals surface area contributed by atoms with Crippen molar-refractivity contribution in [1.82, 2.24) is 29.5 Å². The van der Waals surface area contributed by atoms with Crippen LogP contribution in [0.5, 0.6) is 5.88 Å². The van der Waals surface area contributed by atoms with Crippen molar-refractivity contribution in [2.24, 2.45) is 4.99 Å². The van der Waals surface area contributed by atoms with Crippen molar-refractivity contribution in [3.8, 4) is 5.88 Å². The van der Waals surface area contributed by atoms with Crippen molar-refractivity contribution in [1.29, 1.82) is 0 Å². The van der Waals surface area contributed by atoms with Gasteiger partial charge in [-0.15, -0.1) is 0 Å². The molecule has 0 amide bonds. The smallest absolute Gasteiger partial charge is 0.408 e. The van der Waals surface area contributed by atoms with Crippen molar-refractivity contribution in [3.05, 3.63) is 33.2 Å². The summed E-state index contributed by atoms with van der Waals surface area (Å²) in [5.41, 5.74) is -0.599. The molecule has 0 saturated carbocycles. The molecule has 3 rings (SSSR count). The zero-order valence-corrected chi connectivity index (χ0v) is 13.3. The fourth-order valence-corrected chi connectivity index (χ4v) is 2.32. The van der Waals surface area contributed by atoms with E-state index >= 15 is 0 Å². The van der Waals surface area contributed by atoms with E-state index in [0.29, 0.717) is 5.22 Å². The largest absolute Gasteiger partial charge is 0.493 e. The van der Waals surface area contributed by atoms with Gasteiger partial charge in [0, 0.05) is 5.22 Å². The first-order valence-corrected chi connectivity index (χ1v) is 7.89. The number of hydrogen-bond acceptors (Lipinski definition) is 7. The summed E-state index contributed by atoms with van der Waals surface area (Å²) in [6, 6.07) is 0. The number of rotatable bonds is 3. The lowest BCUT2D eigenvalue weighted by Gasteiger charge is -2.01. The number of aromatic amines is 2. The summed E-state index contributed by atoms with van der Waals surface area (Å²) >= 11 is 1.12. The number of aromatic hydroxyl groups is 1. The van der Waals surface area contributed by atoms with Gasteiger partial charge in [-0.25, -0.2) is 14.8 Å². The van der Waals surface area contributed by atoms with Crippen LogP contribution in [0.4, 0.5) is 13.2 Å². The Bertz CT molecular complexity index is 1100. The maximum Gasteiger partial charge on any atom is 0.408 e. The molecule has 3 N–H and O–H groups in total. The Kier molecular flexibility index (Phi) is 4.24. The minimum Gasteiger partial charge on any atom is -0.493 e. The van der Waals surface area contributed by atoms with E-state index in [-0.39, 0.29) is 28.0 Å². The monoisotopic (exact) mass is 373 g/mol. The molecule has 0 radical (unpaired) electrons. The van der Waals surface area contributed by atoms with Crippen LogP contribution in [0.3, 0.4) is 0 Å². The number of alkyl halides is 3. The van der Waals surface area contributed by atoms with Gasteiger partial charge in [-0.2, -0.15) is 27.8 Å². The predicted octanol–water partition coefficient (Wildman–Crippen LogP) is -0.421. The molecule has 0 aliphatic carbocycles. The molecule has 0 aliphatic heterocycles.